The zero-order chi connectivity index (χ0) is 21.1. The van der Waals surface area contributed by atoms with Crippen LogP contribution < -0.4 is 0 Å². The van der Waals surface area contributed by atoms with Gasteiger partial charge in [-0.05, 0) is 38.1 Å². The van der Waals surface area contributed by atoms with Gasteiger partial charge < -0.3 is 4.74 Å². The molecule has 2 aromatic carbocycles. The first kappa shape index (κ1) is 21.9. The van der Waals surface area contributed by atoms with Gasteiger partial charge in [0, 0.05) is 18.7 Å². The van der Waals surface area contributed by atoms with Crippen LogP contribution in [0.5, 0.6) is 0 Å². The Labute approximate surface area is 161 Å². The SMILES string of the molecule is CC(C)N(C)S(=O)(=O)c1cccc(C(=O)OCc2ccccc2C(F)(F)F)c1. The van der Waals surface area contributed by atoms with Crippen molar-refractivity contribution in [1.29, 1.82) is 0 Å². The topological polar surface area (TPSA) is 63.7 Å². The molecule has 0 heterocycles. The number of carbonyl (C=O) groups excluding carboxylic acids is 1. The van der Waals surface area contributed by atoms with Crippen molar-refractivity contribution in [1.82, 2.24) is 4.31 Å². The quantitative estimate of drug-likeness (QED) is 0.667. The molecule has 0 bridgehead atoms. The van der Waals surface area contributed by atoms with Crippen LogP contribution in [0.2, 0.25) is 0 Å². The van der Waals surface area contributed by atoms with Crippen molar-refractivity contribution in [3.8, 4) is 0 Å². The minimum atomic E-state index is -4.57. The zero-order valence-corrected chi connectivity index (χ0v) is 16.3. The van der Waals surface area contributed by atoms with Gasteiger partial charge in [0.25, 0.3) is 0 Å². The number of halogens is 3. The number of esters is 1. The predicted octanol–water partition coefficient (Wildman–Crippen LogP) is 4.09. The molecule has 152 valence electrons. The maximum atomic E-state index is 13.0. The number of carbonyl (C=O) groups is 1. The smallest absolute Gasteiger partial charge is 0.416 e. The molecule has 0 amide bonds. The first-order valence-corrected chi connectivity index (χ1v) is 9.79. The molecule has 0 spiro atoms. The molecule has 2 rings (SSSR count). The van der Waals surface area contributed by atoms with E-state index < -0.39 is 34.3 Å². The Morgan fingerprint density at radius 2 is 1.75 bits per heavy atom. The first-order chi connectivity index (χ1) is 12.9. The van der Waals surface area contributed by atoms with E-state index in [2.05, 4.69) is 0 Å². The highest BCUT2D eigenvalue weighted by Crippen LogP contribution is 2.32. The summed E-state index contributed by atoms with van der Waals surface area (Å²) in [7, 11) is -2.39. The second-order valence-corrected chi connectivity index (χ2v) is 8.37. The van der Waals surface area contributed by atoms with Crippen LogP contribution in [0, 0.1) is 0 Å². The predicted molar refractivity (Wildman–Crippen MR) is 97.1 cm³/mol. The fourth-order valence-electron chi connectivity index (χ4n) is 2.38. The molecule has 0 radical (unpaired) electrons. The zero-order valence-electron chi connectivity index (χ0n) is 15.5. The minimum absolute atomic E-state index is 0.0669. The molecule has 0 saturated heterocycles. The van der Waals surface area contributed by atoms with E-state index in [1.54, 1.807) is 13.8 Å². The van der Waals surface area contributed by atoms with Crippen molar-refractivity contribution in [2.75, 3.05) is 7.05 Å². The molecule has 0 aromatic heterocycles. The summed E-state index contributed by atoms with van der Waals surface area (Å²) in [5.74, 6) is -0.916. The van der Waals surface area contributed by atoms with Gasteiger partial charge in [-0.1, -0.05) is 24.3 Å². The van der Waals surface area contributed by atoms with Crippen LogP contribution in [0.3, 0.4) is 0 Å². The summed E-state index contributed by atoms with van der Waals surface area (Å²) in [5, 5.41) is 0. The van der Waals surface area contributed by atoms with E-state index in [0.717, 1.165) is 16.4 Å². The second-order valence-electron chi connectivity index (χ2n) is 6.37. The molecule has 0 N–H and O–H groups in total. The Morgan fingerprint density at radius 3 is 2.36 bits per heavy atom. The number of ether oxygens (including phenoxy) is 1. The third kappa shape index (κ3) is 4.90. The lowest BCUT2D eigenvalue weighted by molar-refractivity contribution is -0.138. The molecular weight excluding hydrogens is 395 g/mol. The Kier molecular flexibility index (Phi) is 6.51. The summed E-state index contributed by atoms with van der Waals surface area (Å²) in [6, 6.07) is 9.68. The molecule has 5 nitrogen and oxygen atoms in total. The molecule has 0 aliphatic heterocycles. The summed E-state index contributed by atoms with van der Waals surface area (Å²) >= 11 is 0. The summed E-state index contributed by atoms with van der Waals surface area (Å²) < 4.78 is 70.2. The highest BCUT2D eigenvalue weighted by molar-refractivity contribution is 7.89. The minimum Gasteiger partial charge on any atom is -0.457 e. The van der Waals surface area contributed by atoms with Crippen molar-refractivity contribution in [2.24, 2.45) is 0 Å². The van der Waals surface area contributed by atoms with Gasteiger partial charge in [0.05, 0.1) is 16.0 Å². The summed E-state index contributed by atoms with van der Waals surface area (Å²) in [6.07, 6.45) is -4.57. The number of sulfonamides is 1. The van der Waals surface area contributed by atoms with Gasteiger partial charge in [-0.15, -0.1) is 0 Å². The van der Waals surface area contributed by atoms with Gasteiger partial charge in [-0.25, -0.2) is 13.2 Å². The highest BCUT2D eigenvalue weighted by Gasteiger charge is 2.33. The lowest BCUT2D eigenvalue weighted by Crippen LogP contribution is -2.33. The van der Waals surface area contributed by atoms with Crippen molar-refractivity contribution >= 4 is 16.0 Å². The van der Waals surface area contributed by atoms with Gasteiger partial charge in [0.2, 0.25) is 10.0 Å². The van der Waals surface area contributed by atoms with Crippen LogP contribution in [-0.4, -0.2) is 31.8 Å². The third-order valence-electron chi connectivity index (χ3n) is 4.16. The van der Waals surface area contributed by atoms with Crippen molar-refractivity contribution in [2.45, 2.75) is 37.6 Å². The average Bonchev–Trinajstić information content (AvgIpc) is 2.64. The highest BCUT2D eigenvalue weighted by atomic mass is 32.2. The fraction of sp³-hybridized carbons (Fsp3) is 0.316. The summed E-state index contributed by atoms with van der Waals surface area (Å²) in [4.78, 5) is 12.1. The molecule has 0 aliphatic carbocycles. The number of rotatable bonds is 6. The van der Waals surface area contributed by atoms with E-state index in [0.29, 0.717) is 0 Å². The normalized spacial score (nSPS) is 12.4. The number of benzene rings is 2. The molecule has 0 unspecified atom stereocenters. The fourth-order valence-corrected chi connectivity index (χ4v) is 3.79. The maximum Gasteiger partial charge on any atom is 0.416 e. The van der Waals surface area contributed by atoms with Crippen molar-refractivity contribution in [3.63, 3.8) is 0 Å². The van der Waals surface area contributed by atoms with Crippen LogP contribution >= 0.6 is 0 Å². The number of nitrogens with zero attached hydrogens (tertiary/aromatic N) is 1. The van der Waals surface area contributed by atoms with Gasteiger partial charge >= 0.3 is 12.1 Å². The molecular formula is C19H20F3NO4S. The first-order valence-electron chi connectivity index (χ1n) is 8.35. The third-order valence-corrected chi connectivity index (χ3v) is 6.19. The second kappa shape index (κ2) is 8.32. The van der Waals surface area contributed by atoms with Crippen molar-refractivity contribution < 1.29 is 31.1 Å². The van der Waals surface area contributed by atoms with Crippen LogP contribution in [0.15, 0.2) is 53.4 Å². The summed E-state index contributed by atoms with van der Waals surface area (Å²) in [6.45, 7) is 2.82. The van der Waals surface area contributed by atoms with E-state index in [-0.39, 0.29) is 22.1 Å². The maximum absolute atomic E-state index is 13.0. The molecule has 0 atom stereocenters. The van der Waals surface area contributed by atoms with Gasteiger partial charge in [0.15, 0.2) is 0 Å². The van der Waals surface area contributed by atoms with Crippen LogP contribution in [0.25, 0.3) is 0 Å². The Morgan fingerprint density at radius 1 is 1.11 bits per heavy atom. The average molecular weight is 415 g/mol. The molecule has 0 aliphatic rings. The van der Waals surface area contributed by atoms with Gasteiger partial charge in [-0.2, -0.15) is 17.5 Å². The van der Waals surface area contributed by atoms with Crippen molar-refractivity contribution in [3.05, 3.63) is 65.2 Å². The number of hydrogen-bond donors (Lipinski definition) is 0. The summed E-state index contributed by atoms with van der Waals surface area (Å²) in [5.41, 5.74) is -1.15. The number of hydrogen-bond acceptors (Lipinski definition) is 4. The largest absolute Gasteiger partial charge is 0.457 e. The molecule has 2 aromatic rings. The molecule has 0 fully saturated rings. The van der Waals surface area contributed by atoms with Gasteiger partial charge in [0.1, 0.15) is 6.61 Å². The Bertz CT molecular complexity index is 956. The standard InChI is InChI=1S/C19H20F3NO4S/c1-13(2)23(3)28(25,26)16-9-6-8-14(11-16)18(24)27-12-15-7-4-5-10-17(15)19(20,21)22/h4-11,13H,12H2,1-3H3. The molecule has 9 heteroatoms. The molecule has 0 saturated carbocycles. The lowest BCUT2D eigenvalue weighted by Gasteiger charge is -2.21. The van der Waals surface area contributed by atoms with E-state index in [9.17, 15) is 26.4 Å². The van der Waals surface area contributed by atoms with E-state index in [4.69, 9.17) is 4.74 Å². The Balaban J connectivity index is 2.22. The van der Waals surface area contributed by atoms with E-state index in [1.807, 2.05) is 0 Å². The van der Waals surface area contributed by atoms with Crippen LogP contribution in [0.4, 0.5) is 13.2 Å². The molecule has 28 heavy (non-hydrogen) atoms. The van der Waals surface area contributed by atoms with Crippen LogP contribution in [0.1, 0.15) is 35.3 Å². The van der Waals surface area contributed by atoms with Crippen LogP contribution in [-0.2, 0) is 27.5 Å². The van der Waals surface area contributed by atoms with E-state index in [1.165, 1.54) is 43.4 Å². The monoisotopic (exact) mass is 415 g/mol. The number of alkyl halides is 3. The van der Waals surface area contributed by atoms with E-state index >= 15 is 0 Å². The van der Waals surface area contributed by atoms with Gasteiger partial charge in [-0.3, -0.25) is 0 Å². The Hall–Kier alpha value is -2.39. The lowest BCUT2D eigenvalue weighted by atomic mass is 10.1.